The zero-order valence-corrected chi connectivity index (χ0v) is 13.0. The summed E-state index contributed by atoms with van der Waals surface area (Å²) >= 11 is 0. The number of likely N-dealkylation sites (N-methyl/N-ethyl adjacent to an activating group) is 1. The summed E-state index contributed by atoms with van der Waals surface area (Å²) in [5.41, 5.74) is 1.06. The second-order valence-corrected chi connectivity index (χ2v) is 5.25. The van der Waals surface area contributed by atoms with Gasteiger partial charge in [-0.05, 0) is 31.2 Å². The maximum Gasteiger partial charge on any atom is 0.338 e. The van der Waals surface area contributed by atoms with Gasteiger partial charge in [-0.3, -0.25) is 14.5 Å². The van der Waals surface area contributed by atoms with E-state index in [1.807, 2.05) is 38.2 Å². The molecule has 0 aromatic heterocycles. The molecule has 1 atom stereocenters. The van der Waals surface area contributed by atoms with Gasteiger partial charge in [0, 0.05) is 12.6 Å². The van der Waals surface area contributed by atoms with Crippen LogP contribution in [0.4, 0.5) is 4.79 Å². The molecule has 0 spiro atoms. The molecule has 7 heteroatoms. The summed E-state index contributed by atoms with van der Waals surface area (Å²) in [7, 11) is 3.17. The molecule has 1 aliphatic rings. The van der Waals surface area contributed by atoms with Crippen LogP contribution in [0.2, 0.25) is 0 Å². The van der Waals surface area contributed by atoms with Crippen molar-refractivity contribution >= 4 is 17.8 Å². The molecule has 0 bridgehead atoms. The molecule has 1 aromatic carbocycles. The summed E-state index contributed by atoms with van der Waals surface area (Å²) in [4.78, 5) is 37.7. The van der Waals surface area contributed by atoms with Gasteiger partial charge in [-0.25, -0.2) is 9.69 Å². The molecule has 118 valence electrons. The molecule has 0 saturated carbocycles. The summed E-state index contributed by atoms with van der Waals surface area (Å²) < 4.78 is 5.38. The van der Waals surface area contributed by atoms with Crippen LogP contribution in [-0.4, -0.2) is 55.0 Å². The minimum absolute atomic E-state index is 0.154. The first-order valence-corrected chi connectivity index (χ1v) is 7.10. The zero-order chi connectivity index (χ0) is 16.3. The first kappa shape index (κ1) is 16.0. The third-order valence-corrected chi connectivity index (χ3v) is 3.42. The average molecular weight is 306 g/mol. The Hall–Kier alpha value is -2.41. The number of carbonyl (C=O) groups is 3. The van der Waals surface area contributed by atoms with E-state index in [0.29, 0.717) is 13.2 Å². The lowest BCUT2D eigenvalue weighted by Crippen LogP contribution is -3.09. The van der Waals surface area contributed by atoms with Crippen molar-refractivity contribution in [3.63, 3.8) is 0 Å². The Bertz CT molecular complexity index is 585. The highest BCUT2D eigenvalue weighted by Crippen LogP contribution is 2.11. The minimum Gasteiger partial charge on any atom is -0.494 e. The summed E-state index contributed by atoms with van der Waals surface area (Å²) in [5.74, 6) is -0.738. The molecule has 7 nitrogen and oxygen atoms in total. The van der Waals surface area contributed by atoms with E-state index in [1.54, 1.807) is 0 Å². The molecule has 1 fully saturated rings. The number of nitrogens with one attached hydrogen (secondary N) is 1. The van der Waals surface area contributed by atoms with Gasteiger partial charge in [-0.2, -0.15) is 0 Å². The molecule has 1 aromatic rings. The van der Waals surface area contributed by atoms with E-state index in [4.69, 9.17) is 4.74 Å². The number of hydrogen-bond donors (Lipinski definition) is 1. The molecule has 1 saturated heterocycles. The van der Waals surface area contributed by atoms with Crippen LogP contribution >= 0.6 is 0 Å². The molecule has 4 amide bonds. The number of carbonyl (C=O) groups excluding carboxylic acids is 3. The van der Waals surface area contributed by atoms with Crippen molar-refractivity contribution < 1.29 is 24.0 Å². The lowest BCUT2D eigenvalue weighted by Gasteiger charge is -2.19. The van der Waals surface area contributed by atoms with E-state index in [0.717, 1.165) is 26.0 Å². The normalized spacial score (nSPS) is 16.4. The second-order valence-electron chi connectivity index (χ2n) is 5.25. The van der Waals surface area contributed by atoms with Crippen LogP contribution in [0.15, 0.2) is 24.3 Å². The number of imide groups is 2. The SMILES string of the molecule is CCOc1ccc(C[NH+](C)CN2C(=O)C(=O)N(C)C2=O)cc1. The van der Waals surface area contributed by atoms with Gasteiger partial charge in [0.1, 0.15) is 12.3 Å². The fourth-order valence-electron chi connectivity index (χ4n) is 2.30. The average Bonchev–Trinajstić information content (AvgIpc) is 2.67. The van der Waals surface area contributed by atoms with Gasteiger partial charge < -0.3 is 9.64 Å². The standard InChI is InChI=1S/C15H19N3O4/c1-4-22-12-7-5-11(6-8-12)9-16(2)10-18-14(20)13(19)17(3)15(18)21/h5-8H,4,9-10H2,1-3H3/p+1. The highest BCUT2D eigenvalue weighted by molar-refractivity contribution is 6.44. The van der Waals surface area contributed by atoms with Crippen molar-refractivity contribution in [1.29, 1.82) is 0 Å². The maximum atomic E-state index is 11.8. The highest BCUT2D eigenvalue weighted by Gasteiger charge is 2.43. The van der Waals surface area contributed by atoms with Gasteiger partial charge in [0.2, 0.25) is 0 Å². The molecule has 0 aliphatic carbocycles. The topological polar surface area (TPSA) is 71.4 Å². The van der Waals surface area contributed by atoms with Crippen LogP contribution in [0.1, 0.15) is 12.5 Å². The van der Waals surface area contributed by atoms with Gasteiger partial charge in [-0.15, -0.1) is 0 Å². The number of ether oxygens (including phenoxy) is 1. The first-order chi connectivity index (χ1) is 10.4. The van der Waals surface area contributed by atoms with Crippen molar-refractivity contribution in [1.82, 2.24) is 9.80 Å². The van der Waals surface area contributed by atoms with Crippen molar-refractivity contribution in [3.8, 4) is 5.75 Å². The predicted octanol–water partition coefficient (Wildman–Crippen LogP) is -0.522. The molecular weight excluding hydrogens is 286 g/mol. The number of amides is 4. The van der Waals surface area contributed by atoms with Crippen molar-refractivity contribution in [2.75, 3.05) is 27.4 Å². The monoisotopic (exact) mass is 306 g/mol. The Morgan fingerprint density at radius 3 is 2.23 bits per heavy atom. The first-order valence-electron chi connectivity index (χ1n) is 7.10. The predicted molar refractivity (Wildman–Crippen MR) is 78.1 cm³/mol. The van der Waals surface area contributed by atoms with Gasteiger partial charge >= 0.3 is 17.8 Å². The number of urea groups is 1. The zero-order valence-electron chi connectivity index (χ0n) is 13.0. The molecule has 1 unspecified atom stereocenters. The summed E-state index contributed by atoms with van der Waals surface area (Å²) in [6.45, 7) is 3.32. The Labute approximate surface area is 129 Å². The van der Waals surface area contributed by atoms with Crippen molar-refractivity contribution in [2.45, 2.75) is 13.5 Å². The quantitative estimate of drug-likeness (QED) is 0.567. The number of benzene rings is 1. The van der Waals surface area contributed by atoms with E-state index < -0.39 is 17.8 Å². The molecule has 2 rings (SSSR count). The fraction of sp³-hybridized carbons (Fsp3) is 0.400. The second kappa shape index (κ2) is 6.57. The van der Waals surface area contributed by atoms with Crippen LogP contribution < -0.4 is 9.64 Å². The van der Waals surface area contributed by atoms with Gasteiger partial charge in [0.15, 0.2) is 6.67 Å². The van der Waals surface area contributed by atoms with Crippen LogP contribution in [-0.2, 0) is 16.1 Å². The number of quaternary nitrogens is 1. The summed E-state index contributed by atoms with van der Waals surface area (Å²) in [6, 6.07) is 7.09. The van der Waals surface area contributed by atoms with Crippen LogP contribution in [0.25, 0.3) is 0 Å². The third kappa shape index (κ3) is 3.25. The lowest BCUT2D eigenvalue weighted by molar-refractivity contribution is -0.901. The molecule has 1 heterocycles. The Kier molecular flexibility index (Phi) is 4.77. The largest absolute Gasteiger partial charge is 0.494 e. The summed E-state index contributed by atoms with van der Waals surface area (Å²) in [6.07, 6.45) is 0. The van der Waals surface area contributed by atoms with Gasteiger partial charge in [-0.1, -0.05) is 0 Å². The van der Waals surface area contributed by atoms with E-state index in [2.05, 4.69) is 0 Å². The van der Waals surface area contributed by atoms with Crippen LogP contribution in [0.3, 0.4) is 0 Å². The lowest BCUT2D eigenvalue weighted by atomic mass is 10.2. The number of nitrogens with zero attached hydrogens (tertiary/aromatic N) is 2. The maximum absolute atomic E-state index is 11.8. The van der Waals surface area contributed by atoms with E-state index in [1.165, 1.54) is 7.05 Å². The van der Waals surface area contributed by atoms with Crippen molar-refractivity contribution in [3.05, 3.63) is 29.8 Å². The van der Waals surface area contributed by atoms with Gasteiger partial charge in [0.25, 0.3) is 0 Å². The summed E-state index contributed by atoms with van der Waals surface area (Å²) in [5, 5.41) is 0. The van der Waals surface area contributed by atoms with Crippen molar-refractivity contribution in [2.24, 2.45) is 0 Å². The van der Waals surface area contributed by atoms with Crippen LogP contribution in [0, 0.1) is 0 Å². The van der Waals surface area contributed by atoms with Gasteiger partial charge in [0.05, 0.1) is 13.7 Å². The van der Waals surface area contributed by atoms with E-state index >= 15 is 0 Å². The van der Waals surface area contributed by atoms with E-state index in [-0.39, 0.29) is 6.67 Å². The van der Waals surface area contributed by atoms with E-state index in [9.17, 15) is 14.4 Å². The smallest absolute Gasteiger partial charge is 0.338 e. The molecule has 22 heavy (non-hydrogen) atoms. The Balaban J connectivity index is 1.95. The highest BCUT2D eigenvalue weighted by atomic mass is 16.5. The fourth-order valence-corrected chi connectivity index (χ4v) is 2.30. The Morgan fingerprint density at radius 2 is 1.73 bits per heavy atom. The molecule has 1 N–H and O–H groups in total. The molecule has 1 aliphatic heterocycles. The van der Waals surface area contributed by atoms with Crippen LogP contribution in [0.5, 0.6) is 5.75 Å². The number of rotatable bonds is 6. The third-order valence-electron chi connectivity index (χ3n) is 3.42. The molecule has 0 radical (unpaired) electrons. The minimum atomic E-state index is -0.779. The number of hydrogen-bond acceptors (Lipinski definition) is 4. The molecular formula is C15H20N3O4+. The Morgan fingerprint density at radius 1 is 1.09 bits per heavy atom.